The summed E-state index contributed by atoms with van der Waals surface area (Å²) in [6.07, 6.45) is 0. The zero-order chi connectivity index (χ0) is 32.6. The van der Waals surface area contributed by atoms with Gasteiger partial charge >= 0.3 is 0 Å². The molecular formula is C45H29N3S. The van der Waals surface area contributed by atoms with Crippen LogP contribution in [0.3, 0.4) is 0 Å². The smallest absolute Gasteiger partial charge is 0.164 e. The van der Waals surface area contributed by atoms with E-state index in [-0.39, 0.29) is 0 Å². The zero-order valence-corrected chi connectivity index (χ0v) is 27.3. The Kier molecular flexibility index (Phi) is 7.34. The SMILES string of the molecule is c1ccc(-c2nc(-c3ccccc3)nc(-c3cccc(-c4cccc5c4sc4c(-c6ccccc6)ccc(-c6ccccc6)c45)c3)n2)cc1. The lowest BCUT2D eigenvalue weighted by Gasteiger charge is -2.10. The van der Waals surface area contributed by atoms with Crippen molar-refractivity contribution < 1.29 is 0 Å². The van der Waals surface area contributed by atoms with Crippen LogP contribution in [0.2, 0.25) is 0 Å². The van der Waals surface area contributed by atoms with Crippen molar-refractivity contribution in [2.45, 2.75) is 0 Å². The first-order valence-corrected chi connectivity index (χ1v) is 17.2. The Balaban J connectivity index is 1.24. The van der Waals surface area contributed by atoms with Crippen LogP contribution in [0.5, 0.6) is 0 Å². The Morgan fingerprint density at radius 1 is 0.306 bits per heavy atom. The topological polar surface area (TPSA) is 38.7 Å². The molecule has 230 valence electrons. The van der Waals surface area contributed by atoms with Crippen LogP contribution in [0.1, 0.15) is 0 Å². The van der Waals surface area contributed by atoms with Gasteiger partial charge in [-0.3, -0.25) is 0 Å². The molecule has 9 aromatic rings. The summed E-state index contributed by atoms with van der Waals surface area (Å²) in [6, 6.07) is 61.5. The van der Waals surface area contributed by atoms with E-state index < -0.39 is 0 Å². The number of aromatic nitrogens is 3. The van der Waals surface area contributed by atoms with Gasteiger partial charge in [-0.25, -0.2) is 15.0 Å². The van der Waals surface area contributed by atoms with Crippen LogP contribution < -0.4 is 0 Å². The molecule has 3 nitrogen and oxygen atoms in total. The van der Waals surface area contributed by atoms with Crippen LogP contribution in [0.15, 0.2) is 176 Å². The second-order valence-corrected chi connectivity index (χ2v) is 13.0. The predicted molar refractivity (Wildman–Crippen MR) is 205 cm³/mol. The fraction of sp³-hybridized carbons (Fsp3) is 0. The highest BCUT2D eigenvalue weighted by Gasteiger charge is 2.19. The van der Waals surface area contributed by atoms with Crippen molar-refractivity contribution in [3.63, 3.8) is 0 Å². The summed E-state index contributed by atoms with van der Waals surface area (Å²) in [7, 11) is 0. The Morgan fingerprint density at radius 2 is 0.735 bits per heavy atom. The standard InChI is InChI=1S/C45H29N3S/c1-5-15-30(16-6-1)36-27-28-38(31-17-7-2-8-18-31)42-40(36)39-26-14-25-37(41(39)49-42)34-23-13-24-35(29-34)45-47-43(32-19-9-3-10-20-32)46-44(48-45)33-21-11-4-12-22-33/h1-29H. The number of thiophene rings is 1. The Labute approximate surface area is 288 Å². The third-order valence-corrected chi connectivity index (χ3v) is 10.2. The van der Waals surface area contributed by atoms with Gasteiger partial charge in [0.1, 0.15) is 0 Å². The van der Waals surface area contributed by atoms with Crippen molar-refractivity contribution in [2.24, 2.45) is 0 Å². The van der Waals surface area contributed by atoms with Gasteiger partial charge in [0.2, 0.25) is 0 Å². The highest BCUT2D eigenvalue weighted by atomic mass is 32.1. The normalized spacial score (nSPS) is 11.3. The zero-order valence-electron chi connectivity index (χ0n) is 26.5. The van der Waals surface area contributed by atoms with E-state index >= 15 is 0 Å². The van der Waals surface area contributed by atoms with Crippen molar-refractivity contribution >= 4 is 31.5 Å². The Bertz CT molecular complexity index is 2520. The third-order valence-electron chi connectivity index (χ3n) is 8.95. The fourth-order valence-corrected chi connectivity index (χ4v) is 7.99. The van der Waals surface area contributed by atoms with Gasteiger partial charge in [0.15, 0.2) is 17.5 Å². The molecular weight excluding hydrogens is 615 g/mol. The van der Waals surface area contributed by atoms with Gasteiger partial charge in [-0.05, 0) is 39.4 Å². The number of benzene rings is 7. The molecule has 0 atom stereocenters. The molecule has 0 saturated carbocycles. The lowest BCUT2D eigenvalue weighted by molar-refractivity contribution is 1.07. The lowest BCUT2D eigenvalue weighted by Crippen LogP contribution is -2.00. The van der Waals surface area contributed by atoms with Gasteiger partial charge in [-0.1, -0.05) is 170 Å². The monoisotopic (exact) mass is 643 g/mol. The predicted octanol–water partition coefficient (Wildman–Crippen LogP) is 12.2. The van der Waals surface area contributed by atoms with Gasteiger partial charge < -0.3 is 0 Å². The molecule has 2 heterocycles. The molecule has 0 saturated heterocycles. The maximum absolute atomic E-state index is 5.00. The summed E-state index contributed by atoms with van der Waals surface area (Å²) < 4.78 is 2.56. The van der Waals surface area contributed by atoms with Crippen molar-refractivity contribution in [3.05, 3.63) is 176 Å². The minimum atomic E-state index is 0.649. The average molecular weight is 644 g/mol. The summed E-state index contributed by atoms with van der Waals surface area (Å²) >= 11 is 1.87. The van der Waals surface area contributed by atoms with Crippen molar-refractivity contribution in [3.8, 4) is 67.5 Å². The van der Waals surface area contributed by atoms with Gasteiger partial charge in [-0.15, -0.1) is 11.3 Å². The molecule has 0 spiro atoms. The second kappa shape index (κ2) is 12.4. The molecule has 4 heteroatoms. The second-order valence-electron chi connectivity index (χ2n) is 12.0. The minimum absolute atomic E-state index is 0.649. The van der Waals surface area contributed by atoms with E-state index in [1.165, 1.54) is 48.0 Å². The van der Waals surface area contributed by atoms with Crippen molar-refractivity contribution in [1.29, 1.82) is 0 Å². The van der Waals surface area contributed by atoms with E-state index in [9.17, 15) is 0 Å². The van der Waals surface area contributed by atoms with Gasteiger partial charge in [-0.2, -0.15) is 0 Å². The summed E-state index contributed by atoms with van der Waals surface area (Å²) in [5.74, 6) is 1.96. The molecule has 0 radical (unpaired) electrons. The van der Waals surface area contributed by atoms with Crippen LogP contribution in [-0.2, 0) is 0 Å². The number of nitrogens with zero attached hydrogens (tertiary/aromatic N) is 3. The molecule has 9 rings (SSSR count). The Hall–Kier alpha value is -6.23. The first-order valence-electron chi connectivity index (χ1n) is 16.4. The number of fused-ring (bicyclic) bond motifs is 3. The van der Waals surface area contributed by atoms with Crippen LogP contribution >= 0.6 is 11.3 Å². The summed E-state index contributed by atoms with van der Waals surface area (Å²) in [5.41, 5.74) is 10.1. The number of hydrogen-bond donors (Lipinski definition) is 0. The largest absolute Gasteiger partial charge is 0.208 e. The number of rotatable bonds is 6. The maximum atomic E-state index is 5.00. The van der Waals surface area contributed by atoms with E-state index in [0.29, 0.717) is 17.5 Å². The summed E-state index contributed by atoms with van der Waals surface area (Å²) in [6.45, 7) is 0. The third kappa shape index (κ3) is 5.38. The molecule has 2 aromatic heterocycles. The molecule has 7 aromatic carbocycles. The molecule has 0 aliphatic heterocycles. The molecule has 0 bridgehead atoms. The van der Waals surface area contributed by atoms with Gasteiger partial charge in [0, 0.05) is 36.9 Å². The summed E-state index contributed by atoms with van der Waals surface area (Å²) in [5, 5.41) is 2.56. The van der Waals surface area contributed by atoms with E-state index in [2.05, 4.69) is 115 Å². The molecule has 0 fully saturated rings. The average Bonchev–Trinajstić information content (AvgIpc) is 3.59. The van der Waals surface area contributed by atoms with Crippen LogP contribution in [-0.4, -0.2) is 15.0 Å². The fourth-order valence-electron chi connectivity index (χ4n) is 6.60. The summed E-state index contributed by atoms with van der Waals surface area (Å²) in [4.78, 5) is 14.9. The van der Waals surface area contributed by atoms with E-state index in [0.717, 1.165) is 22.3 Å². The molecule has 0 unspecified atom stereocenters. The van der Waals surface area contributed by atoms with Gasteiger partial charge in [0.05, 0.1) is 0 Å². The van der Waals surface area contributed by atoms with Crippen molar-refractivity contribution in [1.82, 2.24) is 15.0 Å². The number of hydrogen-bond acceptors (Lipinski definition) is 4. The first-order chi connectivity index (χ1) is 24.3. The molecule has 0 N–H and O–H groups in total. The lowest BCUT2D eigenvalue weighted by atomic mass is 9.94. The van der Waals surface area contributed by atoms with Gasteiger partial charge in [0.25, 0.3) is 0 Å². The quantitative estimate of drug-likeness (QED) is 0.181. The van der Waals surface area contributed by atoms with E-state index in [1.54, 1.807) is 0 Å². The molecule has 49 heavy (non-hydrogen) atoms. The maximum Gasteiger partial charge on any atom is 0.164 e. The minimum Gasteiger partial charge on any atom is -0.208 e. The highest BCUT2D eigenvalue weighted by molar-refractivity contribution is 7.27. The van der Waals surface area contributed by atoms with Crippen LogP contribution in [0.4, 0.5) is 0 Å². The Morgan fingerprint density at radius 3 is 1.33 bits per heavy atom. The van der Waals surface area contributed by atoms with E-state index in [4.69, 9.17) is 15.0 Å². The van der Waals surface area contributed by atoms with E-state index in [1.807, 2.05) is 72.0 Å². The molecule has 0 aliphatic rings. The van der Waals surface area contributed by atoms with Crippen LogP contribution in [0, 0.1) is 0 Å². The highest BCUT2D eigenvalue weighted by Crippen LogP contribution is 2.47. The molecule has 0 aliphatic carbocycles. The van der Waals surface area contributed by atoms with Crippen molar-refractivity contribution in [2.75, 3.05) is 0 Å². The molecule has 0 amide bonds. The van der Waals surface area contributed by atoms with Crippen LogP contribution in [0.25, 0.3) is 87.7 Å². The first kappa shape index (κ1) is 29.0.